The van der Waals surface area contributed by atoms with Crippen molar-refractivity contribution in [2.75, 3.05) is 13.1 Å². The fraction of sp³-hybridized carbons (Fsp3) is 0.571. The van der Waals surface area contributed by atoms with Crippen LogP contribution in [0.5, 0.6) is 0 Å². The Kier molecular flexibility index (Phi) is 3.97. The van der Waals surface area contributed by atoms with Crippen molar-refractivity contribution in [3.8, 4) is 0 Å². The van der Waals surface area contributed by atoms with E-state index in [2.05, 4.69) is 12.2 Å². The fourth-order valence-electron chi connectivity index (χ4n) is 2.51. The van der Waals surface area contributed by atoms with Crippen LogP contribution in [0.25, 0.3) is 0 Å². The highest BCUT2D eigenvalue weighted by molar-refractivity contribution is 5.22. The highest BCUT2D eigenvalue weighted by Gasteiger charge is 2.33. The Bertz CT molecular complexity index is 420. The van der Waals surface area contributed by atoms with E-state index in [4.69, 9.17) is 4.74 Å². The molecule has 1 aromatic carbocycles. The Hall–Kier alpha value is -1.00. The fourth-order valence-corrected chi connectivity index (χ4v) is 2.51. The third-order valence-electron chi connectivity index (χ3n) is 3.34. The van der Waals surface area contributed by atoms with Crippen molar-refractivity contribution in [1.29, 1.82) is 0 Å². The molecule has 0 aliphatic carbocycles. The Labute approximate surface area is 106 Å². The molecule has 1 N–H and O–H groups in total. The van der Waals surface area contributed by atoms with E-state index in [-0.39, 0.29) is 5.60 Å². The van der Waals surface area contributed by atoms with Gasteiger partial charge in [0.2, 0.25) is 0 Å². The van der Waals surface area contributed by atoms with Crippen LogP contribution < -0.4 is 5.32 Å². The van der Waals surface area contributed by atoms with Gasteiger partial charge >= 0.3 is 0 Å². The maximum Gasteiger partial charge on any atom is 0.129 e. The molecule has 0 spiro atoms. The Morgan fingerprint density at radius 1 is 1.44 bits per heavy atom. The lowest BCUT2D eigenvalue weighted by Crippen LogP contribution is -2.49. The third kappa shape index (κ3) is 2.87. The Morgan fingerprint density at radius 2 is 2.22 bits per heavy atom. The van der Waals surface area contributed by atoms with Gasteiger partial charge in [0.1, 0.15) is 11.6 Å². The molecule has 1 aliphatic heterocycles. The van der Waals surface area contributed by atoms with E-state index in [1.54, 1.807) is 0 Å². The molecule has 0 bridgehead atoms. The normalized spacial score (nSPS) is 28.3. The zero-order chi connectivity index (χ0) is 13.2. The van der Waals surface area contributed by atoms with E-state index in [0.717, 1.165) is 31.5 Å². The summed E-state index contributed by atoms with van der Waals surface area (Å²) in [6.45, 7) is 5.35. The smallest absolute Gasteiger partial charge is 0.129 e. The first kappa shape index (κ1) is 13.4. The predicted octanol–water partition coefficient (Wildman–Crippen LogP) is 3.18. The minimum Gasteiger partial charge on any atom is -0.365 e. The van der Waals surface area contributed by atoms with Crippen LogP contribution in [0.4, 0.5) is 8.78 Å². The van der Waals surface area contributed by atoms with Gasteiger partial charge in [0.15, 0.2) is 0 Å². The van der Waals surface area contributed by atoms with Gasteiger partial charge in [0.25, 0.3) is 0 Å². The second kappa shape index (κ2) is 5.33. The van der Waals surface area contributed by atoms with Crippen molar-refractivity contribution in [3.05, 3.63) is 35.4 Å². The zero-order valence-corrected chi connectivity index (χ0v) is 10.8. The zero-order valence-electron chi connectivity index (χ0n) is 10.8. The first-order valence-electron chi connectivity index (χ1n) is 6.37. The molecule has 0 aromatic heterocycles. The van der Waals surface area contributed by atoms with Crippen LogP contribution >= 0.6 is 0 Å². The van der Waals surface area contributed by atoms with Crippen molar-refractivity contribution in [1.82, 2.24) is 5.32 Å². The average molecular weight is 255 g/mol. The van der Waals surface area contributed by atoms with Gasteiger partial charge in [-0.15, -0.1) is 0 Å². The van der Waals surface area contributed by atoms with Crippen LogP contribution in [-0.2, 0) is 4.74 Å². The van der Waals surface area contributed by atoms with Gasteiger partial charge in [0.05, 0.1) is 11.7 Å². The van der Waals surface area contributed by atoms with Gasteiger partial charge in [-0.3, -0.25) is 0 Å². The number of hydrogen-bond donors (Lipinski definition) is 1. The number of benzene rings is 1. The average Bonchev–Trinajstić information content (AvgIpc) is 2.32. The van der Waals surface area contributed by atoms with Gasteiger partial charge in [-0.05, 0) is 31.5 Å². The molecule has 100 valence electrons. The summed E-state index contributed by atoms with van der Waals surface area (Å²) in [5.41, 5.74) is -0.0132. The third-order valence-corrected chi connectivity index (χ3v) is 3.34. The second-order valence-corrected chi connectivity index (χ2v) is 5.10. The summed E-state index contributed by atoms with van der Waals surface area (Å²) in [6, 6.07) is 3.50. The van der Waals surface area contributed by atoms with Crippen LogP contribution in [-0.4, -0.2) is 18.7 Å². The van der Waals surface area contributed by atoms with Crippen molar-refractivity contribution in [2.45, 2.75) is 38.4 Å². The van der Waals surface area contributed by atoms with E-state index in [9.17, 15) is 8.78 Å². The first-order chi connectivity index (χ1) is 8.54. The standard InChI is InChI=1S/C14H19F2NO/c1-3-6-14(2)9-17-8-13(18-14)11-7-10(15)4-5-12(11)16/h4-5,7,13,17H,3,6,8-9H2,1-2H3. The maximum atomic E-state index is 13.7. The molecule has 2 atom stereocenters. The molecule has 1 aromatic rings. The van der Waals surface area contributed by atoms with E-state index in [1.165, 1.54) is 6.07 Å². The van der Waals surface area contributed by atoms with Crippen molar-refractivity contribution in [3.63, 3.8) is 0 Å². The molecule has 0 saturated carbocycles. The van der Waals surface area contributed by atoms with Crippen molar-refractivity contribution >= 4 is 0 Å². The van der Waals surface area contributed by atoms with Gasteiger partial charge in [-0.1, -0.05) is 13.3 Å². The second-order valence-electron chi connectivity index (χ2n) is 5.10. The lowest BCUT2D eigenvalue weighted by molar-refractivity contribution is -0.113. The molecule has 18 heavy (non-hydrogen) atoms. The van der Waals surface area contributed by atoms with E-state index in [1.807, 2.05) is 6.92 Å². The number of nitrogens with one attached hydrogen (secondary N) is 1. The summed E-state index contributed by atoms with van der Waals surface area (Å²) in [5, 5.41) is 3.24. The molecule has 2 unspecified atom stereocenters. The van der Waals surface area contributed by atoms with Crippen LogP contribution in [0.3, 0.4) is 0 Å². The molecular formula is C14H19F2NO. The van der Waals surface area contributed by atoms with Gasteiger partial charge in [-0.25, -0.2) is 8.78 Å². The lowest BCUT2D eigenvalue weighted by Gasteiger charge is -2.39. The molecule has 0 amide bonds. The number of halogens is 2. The van der Waals surface area contributed by atoms with Crippen LogP contribution in [0.15, 0.2) is 18.2 Å². The molecule has 0 radical (unpaired) electrons. The Morgan fingerprint density at radius 3 is 2.94 bits per heavy atom. The summed E-state index contributed by atoms with van der Waals surface area (Å²) >= 11 is 0. The summed E-state index contributed by atoms with van der Waals surface area (Å²) in [5.74, 6) is -0.846. The number of ether oxygens (including phenoxy) is 1. The predicted molar refractivity (Wildman–Crippen MR) is 66.4 cm³/mol. The molecule has 1 aliphatic rings. The topological polar surface area (TPSA) is 21.3 Å². The minimum absolute atomic E-state index is 0.296. The molecule has 1 saturated heterocycles. The summed E-state index contributed by atoms with van der Waals surface area (Å²) in [4.78, 5) is 0. The molecule has 4 heteroatoms. The van der Waals surface area contributed by atoms with Gasteiger partial charge in [-0.2, -0.15) is 0 Å². The van der Waals surface area contributed by atoms with Crippen molar-refractivity contribution < 1.29 is 13.5 Å². The summed E-state index contributed by atoms with van der Waals surface area (Å²) in [7, 11) is 0. The van der Waals surface area contributed by atoms with Crippen molar-refractivity contribution in [2.24, 2.45) is 0 Å². The molecule has 2 nitrogen and oxygen atoms in total. The van der Waals surface area contributed by atoms with Gasteiger partial charge in [0, 0.05) is 18.7 Å². The monoisotopic (exact) mass is 255 g/mol. The van der Waals surface area contributed by atoms with E-state index < -0.39 is 17.7 Å². The van der Waals surface area contributed by atoms with E-state index >= 15 is 0 Å². The number of morpholine rings is 1. The molecule has 2 rings (SSSR count). The highest BCUT2D eigenvalue weighted by atomic mass is 19.1. The summed E-state index contributed by atoms with van der Waals surface area (Å²) in [6.07, 6.45) is 1.47. The largest absolute Gasteiger partial charge is 0.365 e. The SMILES string of the molecule is CCCC1(C)CNCC(c2cc(F)ccc2F)O1. The van der Waals surface area contributed by atoms with Crippen LogP contribution in [0.1, 0.15) is 38.4 Å². The Balaban J connectivity index is 2.20. The molecular weight excluding hydrogens is 236 g/mol. The quantitative estimate of drug-likeness (QED) is 0.895. The van der Waals surface area contributed by atoms with E-state index in [0.29, 0.717) is 12.1 Å². The van der Waals surface area contributed by atoms with Crippen LogP contribution in [0, 0.1) is 11.6 Å². The number of hydrogen-bond acceptors (Lipinski definition) is 2. The van der Waals surface area contributed by atoms with Gasteiger partial charge < -0.3 is 10.1 Å². The molecule has 1 heterocycles. The van der Waals surface area contributed by atoms with Crippen LogP contribution in [0.2, 0.25) is 0 Å². The first-order valence-corrected chi connectivity index (χ1v) is 6.37. The summed E-state index contributed by atoms with van der Waals surface area (Å²) < 4.78 is 32.9. The number of rotatable bonds is 3. The lowest BCUT2D eigenvalue weighted by atomic mass is 9.96. The highest BCUT2D eigenvalue weighted by Crippen LogP contribution is 2.31. The minimum atomic E-state index is -0.433. The maximum absolute atomic E-state index is 13.7. The molecule has 1 fully saturated rings.